The van der Waals surface area contributed by atoms with Crippen molar-refractivity contribution in [2.75, 3.05) is 17.7 Å². The molecular weight excluding hydrogens is 440 g/mol. The van der Waals surface area contributed by atoms with E-state index < -0.39 is 53.5 Å². The zero-order valence-electron chi connectivity index (χ0n) is 16.2. The number of allylic oxidation sites excluding steroid dienone is 2. The third-order valence-corrected chi connectivity index (χ3v) is 4.47. The fraction of sp³-hybridized carbons (Fsp3) is 0.444. The van der Waals surface area contributed by atoms with Crippen molar-refractivity contribution in [1.29, 1.82) is 0 Å². The number of amides is 1. The van der Waals surface area contributed by atoms with Gasteiger partial charge in [-0.2, -0.15) is 35.1 Å². The van der Waals surface area contributed by atoms with Gasteiger partial charge in [0.25, 0.3) is 0 Å². The number of nitrogens with one attached hydrogen (secondary N) is 3. The summed E-state index contributed by atoms with van der Waals surface area (Å²) in [5.74, 6) is -6.20. The van der Waals surface area contributed by atoms with Crippen LogP contribution in [0.4, 0.5) is 46.6 Å². The summed E-state index contributed by atoms with van der Waals surface area (Å²) in [5.41, 5.74) is -2.56. The number of anilines is 2. The molecule has 1 unspecified atom stereocenters. The number of pyridine rings is 1. The summed E-state index contributed by atoms with van der Waals surface area (Å²) >= 11 is 0. The SMILES string of the molecule is CCC1=CC(C(F)(F)F)=CNC1CC(=O)Nc1cc(C(F)(F)C(F)(F)F)cnc1NC. The maximum absolute atomic E-state index is 13.6. The standard InChI is InChI=1S/C18H18F8N4O/c1-3-9-4-11(17(21,22)23)8-28-12(9)6-14(31)30-13-5-10(7-29-15(13)27-2)16(19,20)18(24,25)26/h4-5,7-8,12,28H,3,6H2,1-2H3,(H,27,29)(H,30,31). The number of carbonyl (C=O) groups is 1. The number of aromatic nitrogens is 1. The first-order valence-corrected chi connectivity index (χ1v) is 8.87. The van der Waals surface area contributed by atoms with Gasteiger partial charge in [-0.25, -0.2) is 4.98 Å². The highest BCUT2D eigenvalue weighted by atomic mass is 19.4. The van der Waals surface area contributed by atoms with Crippen molar-refractivity contribution >= 4 is 17.4 Å². The lowest BCUT2D eigenvalue weighted by atomic mass is 9.95. The van der Waals surface area contributed by atoms with Crippen molar-refractivity contribution in [3.8, 4) is 0 Å². The Balaban J connectivity index is 2.21. The molecule has 172 valence electrons. The third-order valence-electron chi connectivity index (χ3n) is 4.47. The predicted octanol–water partition coefficient (Wildman–Crippen LogP) is 4.86. The third kappa shape index (κ3) is 5.44. The number of rotatable bonds is 6. The molecule has 1 aromatic heterocycles. The fourth-order valence-electron chi connectivity index (χ4n) is 2.82. The average molecular weight is 458 g/mol. The molecule has 2 heterocycles. The van der Waals surface area contributed by atoms with E-state index in [0.717, 1.165) is 6.08 Å². The van der Waals surface area contributed by atoms with Crippen molar-refractivity contribution in [2.45, 2.75) is 44.1 Å². The van der Waals surface area contributed by atoms with E-state index in [1.54, 1.807) is 6.92 Å². The summed E-state index contributed by atoms with van der Waals surface area (Å²) in [6.45, 7) is 1.59. The molecule has 0 spiro atoms. The Kier molecular flexibility index (Phi) is 6.86. The Morgan fingerprint density at radius 1 is 1.16 bits per heavy atom. The van der Waals surface area contributed by atoms with Crippen LogP contribution < -0.4 is 16.0 Å². The van der Waals surface area contributed by atoms with Crippen LogP contribution in [0, 0.1) is 0 Å². The molecule has 0 fully saturated rings. The van der Waals surface area contributed by atoms with Gasteiger partial charge in [0.05, 0.1) is 29.3 Å². The molecule has 0 radical (unpaired) electrons. The van der Waals surface area contributed by atoms with Gasteiger partial charge < -0.3 is 16.0 Å². The van der Waals surface area contributed by atoms with Gasteiger partial charge in [-0.1, -0.05) is 6.92 Å². The van der Waals surface area contributed by atoms with E-state index in [4.69, 9.17) is 0 Å². The molecule has 2 rings (SSSR count). The molecule has 13 heteroatoms. The number of hydrogen-bond donors (Lipinski definition) is 3. The second-order valence-electron chi connectivity index (χ2n) is 6.58. The molecule has 31 heavy (non-hydrogen) atoms. The van der Waals surface area contributed by atoms with E-state index in [1.807, 2.05) is 0 Å². The Hall–Kier alpha value is -2.86. The minimum absolute atomic E-state index is 0.169. The molecule has 0 saturated heterocycles. The molecule has 1 aliphatic heterocycles. The summed E-state index contributed by atoms with van der Waals surface area (Å²) in [4.78, 5) is 15.8. The number of halogens is 8. The van der Waals surface area contributed by atoms with Gasteiger partial charge in [-0.15, -0.1) is 0 Å². The minimum atomic E-state index is -5.87. The van der Waals surface area contributed by atoms with Gasteiger partial charge in [0.15, 0.2) is 0 Å². The second kappa shape index (κ2) is 8.71. The molecule has 1 amide bonds. The van der Waals surface area contributed by atoms with Crippen LogP contribution in [0.15, 0.2) is 35.7 Å². The Bertz CT molecular complexity index is 890. The van der Waals surface area contributed by atoms with Crippen molar-refractivity contribution < 1.29 is 39.9 Å². The van der Waals surface area contributed by atoms with Gasteiger partial charge >= 0.3 is 18.3 Å². The summed E-state index contributed by atoms with van der Waals surface area (Å²) in [7, 11) is 1.31. The summed E-state index contributed by atoms with van der Waals surface area (Å²) in [5, 5.41) is 7.10. The van der Waals surface area contributed by atoms with E-state index >= 15 is 0 Å². The van der Waals surface area contributed by atoms with Crippen molar-refractivity contribution in [2.24, 2.45) is 0 Å². The zero-order chi connectivity index (χ0) is 23.6. The molecule has 1 atom stereocenters. The highest BCUT2D eigenvalue weighted by Crippen LogP contribution is 2.44. The number of nitrogens with zero attached hydrogens (tertiary/aromatic N) is 1. The molecule has 1 aliphatic rings. The lowest BCUT2D eigenvalue weighted by molar-refractivity contribution is -0.289. The topological polar surface area (TPSA) is 66.0 Å². The van der Waals surface area contributed by atoms with E-state index in [9.17, 15) is 39.9 Å². The first kappa shape index (κ1) is 24.4. The minimum Gasteiger partial charge on any atom is -0.383 e. The monoisotopic (exact) mass is 458 g/mol. The Labute approximate surface area is 171 Å². The van der Waals surface area contributed by atoms with Gasteiger partial charge in [-0.05, 0) is 24.1 Å². The number of alkyl halides is 8. The molecule has 0 saturated carbocycles. The molecule has 3 N–H and O–H groups in total. The summed E-state index contributed by atoms with van der Waals surface area (Å²) < 4.78 is 104. The first-order chi connectivity index (χ1) is 14.2. The van der Waals surface area contributed by atoms with Crippen molar-refractivity contribution in [1.82, 2.24) is 10.3 Å². The van der Waals surface area contributed by atoms with Crippen LogP contribution >= 0.6 is 0 Å². The van der Waals surface area contributed by atoms with E-state index in [1.165, 1.54) is 7.05 Å². The van der Waals surface area contributed by atoms with Crippen LogP contribution in [0.1, 0.15) is 25.3 Å². The highest BCUT2D eigenvalue weighted by molar-refractivity contribution is 5.94. The highest BCUT2D eigenvalue weighted by Gasteiger charge is 2.59. The lowest BCUT2D eigenvalue weighted by Crippen LogP contribution is -2.35. The molecule has 0 aliphatic carbocycles. The van der Waals surface area contributed by atoms with Gasteiger partial charge in [0.1, 0.15) is 5.82 Å². The van der Waals surface area contributed by atoms with E-state index in [2.05, 4.69) is 20.9 Å². The summed E-state index contributed by atoms with van der Waals surface area (Å²) in [6, 6.07) is -0.376. The number of dihydropyridines is 1. The molecular formula is C18H18F8N4O. The largest absolute Gasteiger partial charge is 0.458 e. The number of hydrogen-bond acceptors (Lipinski definition) is 4. The van der Waals surface area contributed by atoms with Gasteiger partial charge in [0.2, 0.25) is 5.91 Å². The molecule has 0 bridgehead atoms. The second-order valence-corrected chi connectivity index (χ2v) is 6.58. The van der Waals surface area contributed by atoms with Crippen LogP contribution in [0.3, 0.4) is 0 Å². The zero-order valence-corrected chi connectivity index (χ0v) is 16.2. The van der Waals surface area contributed by atoms with Crippen molar-refractivity contribution in [3.05, 3.63) is 41.2 Å². The van der Waals surface area contributed by atoms with Crippen LogP contribution in [0.25, 0.3) is 0 Å². The van der Waals surface area contributed by atoms with Crippen LogP contribution in [-0.2, 0) is 10.7 Å². The quantitative estimate of drug-likeness (QED) is 0.533. The van der Waals surface area contributed by atoms with Crippen LogP contribution in [0.5, 0.6) is 0 Å². The number of carbonyl (C=O) groups excluding carboxylic acids is 1. The smallest absolute Gasteiger partial charge is 0.383 e. The predicted molar refractivity (Wildman–Crippen MR) is 96.4 cm³/mol. The van der Waals surface area contributed by atoms with E-state index in [-0.39, 0.29) is 17.8 Å². The van der Waals surface area contributed by atoms with Crippen LogP contribution in [-0.4, -0.2) is 36.3 Å². The molecule has 5 nitrogen and oxygen atoms in total. The molecule has 0 aromatic carbocycles. The maximum atomic E-state index is 13.6. The molecule has 1 aromatic rings. The van der Waals surface area contributed by atoms with Gasteiger partial charge in [-0.3, -0.25) is 4.79 Å². The Morgan fingerprint density at radius 2 is 1.81 bits per heavy atom. The Morgan fingerprint density at radius 3 is 2.32 bits per heavy atom. The fourth-order valence-corrected chi connectivity index (χ4v) is 2.82. The summed E-state index contributed by atoms with van der Waals surface area (Å²) in [6.07, 6.45) is -8.72. The normalized spacial score (nSPS) is 17.4. The lowest BCUT2D eigenvalue weighted by Gasteiger charge is -2.26. The van der Waals surface area contributed by atoms with E-state index in [0.29, 0.717) is 18.5 Å². The van der Waals surface area contributed by atoms with Crippen molar-refractivity contribution in [3.63, 3.8) is 0 Å². The van der Waals surface area contributed by atoms with Gasteiger partial charge in [0, 0.05) is 19.4 Å². The maximum Gasteiger partial charge on any atom is 0.458 e. The first-order valence-electron chi connectivity index (χ1n) is 8.87. The average Bonchev–Trinajstić information content (AvgIpc) is 2.66. The van der Waals surface area contributed by atoms with Crippen LogP contribution in [0.2, 0.25) is 0 Å².